The minimum absolute atomic E-state index is 0.0329. The lowest BCUT2D eigenvalue weighted by atomic mass is 10.1. The highest BCUT2D eigenvalue weighted by molar-refractivity contribution is 5.93. The monoisotopic (exact) mass is 367 g/mol. The third-order valence-electron chi connectivity index (χ3n) is 4.13. The minimum atomic E-state index is -0.508. The number of aryl methyl sites for hydroxylation is 1. The van der Waals surface area contributed by atoms with Crippen LogP contribution >= 0.6 is 0 Å². The maximum atomic E-state index is 11.9. The maximum Gasteiger partial charge on any atom is 0.305 e. The SMILES string of the molecule is Cc1nccn1-c1ccc([C@@H](C)NCC(=O)NNC(=O)c2ccco2)cc1. The molecule has 3 aromatic rings. The molecule has 0 fully saturated rings. The number of hydrogen-bond acceptors (Lipinski definition) is 5. The molecule has 0 spiro atoms. The standard InChI is InChI=1S/C19H21N5O3/c1-13(15-5-7-16(8-6-15)24-10-9-20-14(24)2)21-12-18(25)22-23-19(26)17-4-3-11-27-17/h3-11,13,21H,12H2,1-2H3,(H,22,25)(H,23,26)/t13-/m1/s1. The second-order valence-electron chi connectivity index (χ2n) is 6.02. The first-order chi connectivity index (χ1) is 13.0. The fraction of sp³-hybridized carbons (Fsp3) is 0.211. The van der Waals surface area contributed by atoms with Gasteiger partial charge in [0, 0.05) is 24.1 Å². The summed E-state index contributed by atoms with van der Waals surface area (Å²) in [6.07, 6.45) is 5.06. The van der Waals surface area contributed by atoms with Crippen LogP contribution in [-0.2, 0) is 4.79 Å². The summed E-state index contributed by atoms with van der Waals surface area (Å²) in [6, 6.07) is 11.1. The molecule has 8 heteroatoms. The molecule has 8 nitrogen and oxygen atoms in total. The number of imidazole rings is 1. The number of carbonyl (C=O) groups is 2. The lowest BCUT2D eigenvalue weighted by Crippen LogP contribution is -2.45. The predicted molar refractivity (Wildman–Crippen MR) is 99.0 cm³/mol. The normalized spacial score (nSPS) is 11.8. The van der Waals surface area contributed by atoms with Crippen LogP contribution in [0.5, 0.6) is 0 Å². The average Bonchev–Trinajstić information content (AvgIpc) is 3.36. The summed E-state index contributed by atoms with van der Waals surface area (Å²) in [7, 11) is 0. The van der Waals surface area contributed by atoms with Crippen LogP contribution in [-0.4, -0.2) is 27.9 Å². The Morgan fingerprint density at radius 1 is 1.19 bits per heavy atom. The molecule has 0 aliphatic rings. The first-order valence-electron chi connectivity index (χ1n) is 8.51. The van der Waals surface area contributed by atoms with E-state index >= 15 is 0 Å². The van der Waals surface area contributed by atoms with E-state index in [2.05, 4.69) is 21.2 Å². The topological polar surface area (TPSA) is 101 Å². The molecule has 3 N–H and O–H groups in total. The lowest BCUT2D eigenvalue weighted by molar-refractivity contribution is -0.121. The van der Waals surface area contributed by atoms with Crippen molar-refractivity contribution in [2.24, 2.45) is 0 Å². The highest BCUT2D eigenvalue weighted by Crippen LogP contribution is 2.16. The number of aromatic nitrogens is 2. The Bertz CT molecular complexity index is 900. The highest BCUT2D eigenvalue weighted by Gasteiger charge is 2.11. The van der Waals surface area contributed by atoms with Gasteiger partial charge in [0.05, 0.1) is 12.8 Å². The molecule has 3 rings (SSSR count). The van der Waals surface area contributed by atoms with Gasteiger partial charge in [-0.15, -0.1) is 0 Å². The van der Waals surface area contributed by atoms with Crippen molar-refractivity contribution in [3.8, 4) is 5.69 Å². The number of rotatable bonds is 6. The second-order valence-corrected chi connectivity index (χ2v) is 6.02. The fourth-order valence-electron chi connectivity index (χ4n) is 2.58. The van der Waals surface area contributed by atoms with Gasteiger partial charge in [0.15, 0.2) is 5.76 Å². The van der Waals surface area contributed by atoms with Crippen LogP contribution in [0.25, 0.3) is 5.69 Å². The molecule has 0 saturated carbocycles. The number of hydrazine groups is 1. The van der Waals surface area contributed by atoms with E-state index in [4.69, 9.17) is 4.42 Å². The number of hydrogen-bond donors (Lipinski definition) is 3. The molecule has 0 unspecified atom stereocenters. The van der Waals surface area contributed by atoms with Crippen LogP contribution in [0.15, 0.2) is 59.5 Å². The van der Waals surface area contributed by atoms with Crippen LogP contribution in [0.4, 0.5) is 0 Å². The van der Waals surface area contributed by atoms with E-state index in [-0.39, 0.29) is 24.3 Å². The number of amides is 2. The molecule has 0 radical (unpaired) electrons. The Hall–Kier alpha value is -3.39. The molecule has 0 bridgehead atoms. The largest absolute Gasteiger partial charge is 0.459 e. The van der Waals surface area contributed by atoms with Gasteiger partial charge in [0.2, 0.25) is 0 Å². The van der Waals surface area contributed by atoms with E-state index in [1.807, 2.05) is 48.9 Å². The molecule has 0 aliphatic heterocycles. The van der Waals surface area contributed by atoms with Gasteiger partial charge in [-0.2, -0.15) is 0 Å². The Morgan fingerprint density at radius 3 is 2.59 bits per heavy atom. The summed E-state index contributed by atoms with van der Waals surface area (Å²) < 4.78 is 6.94. The van der Waals surface area contributed by atoms with E-state index < -0.39 is 5.91 Å². The predicted octanol–water partition coefficient (Wildman–Crippen LogP) is 1.89. The number of nitrogens with zero attached hydrogens (tertiary/aromatic N) is 2. The molecule has 1 aromatic carbocycles. The maximum absolute atomic E-state index is 11.9. The van der Waals surface area contributed by atoms with Gasteiger partial charge in [0.25, 0.3) is 5.91 Å². The summed E-state index contributed by atoms with van der Waals surface area (Å²) in [5.74, 6) is 0.186. The lowest BCUT2D eigenvalue weighted by Gasteiger charge is -2.15. The average molecular weight is 367 g/mol. The van der Waals surface area contributed by atoms with Gasteiger partial charge in [-0.25, -0.2) is 4.98 Å². The Balaban J connectivity index is 1.47. The molecule has 2 aromatic heterocycles. The summed E-state index contributed by atoms with van der Waals surface area (Å²) >= 11 is 0. The Labute approximate surface area is 156 Å². The zero-order valence-corrected chi connectivity index (χ0v) is 15.1. The van der Waals surface area contributed by atoms with E-state index in [9.17, 15) is 9.59 Å². The van der Waals surface area contributed by atoms with Crippen molar-refractivity contribution in [3.05, 3.63) is 72.2 Å². The number of benzene rings is 1. The summed E-state index contributed by atoms with van der Waals surface area (Å²) in [6.45, 7) is 3.97. The Kier molecular flexibility index (Phi) is 5.68. The van der Waals surface area contributed by atoms with Gasteiger partial charge in [-0.3, -0.25) is 20.4 Å². The molecule has 2 heterocycles. The molecule has 2 amide bonds. The second kappa shape index (κ2) is 8.33. The number of furan rings is 1. The summed E-state index contributed by atoms with van der Waals surface area (Å²) in [4.78, 5) is 27.8. The van der Waals surface area contributed by atoms with Crippen molar-refractivity contribution >= 4 is 11.8 Å². The van der Waals surface area contributed by atoms with Gasteiger partial charge < -0.3 is 14.3 Å². The van der Waals surface area contributed by atoms with E-state index in [0.29, 0.717) is 0 Å². The van der Waals surface area contributed by atoms with Crippen LogP contribution in [0.3, 0.4) is 0 Å². The molecule has 0 aliphatic carbocycles. The van der Waals surface area contributed by atoms with E-state index in [0.717, 1.165) is 17.1 Å². The van der Waals surface area contributed by atoms with Crippen LogP contribution in [0.1, 0.15) is 34.9 Å². The zero-order valence-electron chi connectivity index (χ0n) is 15.1. The number of nitrogens with one attached hydrogen (secondary N) is 3. The fourth-order valence-corrected chi connectivity index (χ4v) is 2.58. The summed E-state index contributed by atoms with van der Waals surface area (Å²) in [5.41, 5.74) is 6.71. The first-order valence-corrected chi connectivity index (χ1v) is 8.51. The Morgan fingerprint density at radius 2 is 1.96 bits per heavy atom. The highest BCUT2D eigenvalue weighted by atomic mass is 16.3. The van der Waals surface area contributed by atoms with Crippen molar-refractivity contribution in [3.63, 3.8) is 0 Å². The van der Waals surface area contributed by atoms with Gasteiger partial charge in [-0.1, -0.05) is 12.1 Å². The zero-order chi connectivity index (χ0) is 19.2. The van der Waals surface area contributed by atoms with E-state index in [1.54, 1.807) is 12.3 Å². The third-order valence-corrected chi connectivity index (χ3v) is 4.13. The minimum Gasteiger partial charge on any atom is -0.459 e. The molecular formula is C19H21N5O3. The van der Waals surface area contributed by atoms with Crippen LogP contribution < -0.4 is 16.2 Å². The van der Waals surface area contributed by atoms with E-state index in [1.165, 1.54) is 12.3 Å². The van der Waals surface area contributed by atoms with Crippen molar-refractivity contribution < 1.29 is 14.0 Å². The van der Waals surface area contributed by atoms with Gasteiger partial charge >= 0.3 is 5.91 Å². The molecular weight excluding hydrogens is 346 g/mol. The van der Waals surface area contributed by atoms with Crippen molar-refractivity contribution in [1.29, 1.82) is 0 Å². The molecule has 1 atom stereocenters. The van der Waals surface area contributed by atoms with Crippen LogP contribution in [0, 0.1) is 6.92 Å². The van der Waals surface area contributed by atoms with Gasteiger partial charge in [0.1, 0.15) is 5.82 Å². The first kappa shape index (κ1) is 18.4. The number of carbonyl (C=O) groups excluding carboxylic acids is 2. The third kappa shape index (κ3) is 4.62. The smallest absolute Gasteiger partial charge is 0.305 e. The van der Waals surface area contributed by atoms with Crippen LogP contribution in [0.2, 0.25) is 0 Å². The van der Waals surface area contributed by atoms with Crippen molar-refractivity contribution in [2.75, 3.05) is 6.54 Å². The molecule has 27 heavy (non-hydrogen) atoms. The van der Waals surface area contributed by atoms with Crippen molar-refractivity contribution in [2.45, 2.75) is 19.9 Å². The van der Waals surface area contributed by atoms with Crippen molar-refractivity contribution in [1.82, 2.24) is 25.7 Å². The quantitative estimate of drug-likeness (QED) is 0.578. The van der Waals surface area contributed by atoms with Gasteiger partial charge in [-0.05, 0) is 43.7 Å². The molecule has 0 saturated heterocycles. The summed E-state index contributed by atoms with van der Waals surface area (Å²) in [5, 5.41) is 3.12. The molecule has 140 valence electrons.